The van der Waals surface area contributed by atoms with Gasteiger partial charge in [-0.05, 0) is 24.3 Å². The summed E-state index contributed by atoms with van der Waals surface area (Å²) in [5.41, 5.74) is 9.61. The molecule has 0 bridgehead atoms. The summed E-state index contributed by atoms with van der Waals surface area (Å²) in [4.78, 5) is 6.37. The number of rotatable bonds is 1. The number of H-pyrrole nitrogens is 1. The van der Waals surface area contributed by atoms with Crippen LogP contribution in [-0.2, 0) is 0 Å². The van der Waals surface area contributed by atoms with Crippen molar-refractivity contribution in [3.05, 3.63) is 42.5 Å². The van der Waals surface area contributed by atoms with E-state index in [0.29, 0.717) is 5.69 Å². The fourth-order valence-electron chi connectivity index (χ4n) is 1.96. The Kier molecular flexibility index (Phi) is 1.82. The maximum absolute atomic E-state index is 6.72. The fourth-order valence-corrected chi connectivity index (χ4v) is 1.96. The zero-order chi connectivity index (χ0) is 11.0. The summed E-state index contributed by atoms with van der Waals surface area (Å²) >= 11 is 0. The third kappa shape index (κ3) is 1.21. The SMILES string of the molecule is N=[N+]=Nc1ccc2[nH]c3ccccc3c2c1. The summed E-state index contributed by atoms with van der Waals surface area (Å²) in [6.45, 7) is 0. The largest absolute Gasteiger partial charge is 0.355 e. The van der Waals surface area contributed by atoms with Crippen LogP contribution in [0.15, 0.2) is 47.6 Å². The van der Waals surface area contributed by atoms with Gasteiger partial charge in [0.25, 0.3) is 0 Å². The number of benzene rings is 2. The lowest BCUT2D eigenvalue weighted by molar-refractivity contribution is 0.993. The fraction of sp³-hybridized carbons (Fsp3) is 0. The van der Waals surface area contributed by atoms with Crippen molar-refractivity contribution in [3.8, 4) is 0 Å². The van der Waals surface area contributed by atoms with Gasteiger partial charge in [-0.3, -0.25) is 0 Å². The molecule has 2 N–H and O–H groups in total. The first kappa shape index (κ1) is 8.83. The van der Waals surface area contributed by atoms with Crippen LogP contribution in [0.3, 0.4) is 0 Å². The highest BCUT2D eigenvalue weighted by Crippen LogP contribution is 2.28. The summed E-state index contributed by atoms with van der Waals surface area (Å²) in [6, 6.07) is 13.9. The van der Waals surface area contributed by atoms with Crippen LogP contribution < -0.4 is 4.91 Å². The van der Waals surface area contributed by atoms with E-state index < -0.39 is 0 Å². The van der Waals surface area contributed by atoms with E-state index in [1.165, 1.54) is 5.39 Å². The molecule has 4 heteroatoms. The van der Waals surface area contributed by atoms with Crippen LogP contribution in [0, 0.1) is 5.53 Å². The molecule has 2 aromatic carbocycles. The van der Waals surface area contributed by atoms with Gasteiger partial charge in [0.2, 0.25) is 4.91 Å². The molecule has 16 heavy (non-hydrogen) atoms. The molecule has 0 atom stereocenters. The van der Waals surface area contributed by atoms with Crippen molar-refractivity contribution in [3.63, 3.8) is 0 Å². The number of para-hydroxylation sites is 1. The van der Waals surface area contributed by atoms with Gasteiger partial charge in [0.05, 0.1) is 0 Å². The summed E-state index contributed by atoms with van der Waals surface area (Å²) in [7, 11) is 0. The van der Waals surface area contributed by atoms with Gasteiger partial charge >= 0.3 is 0 Å². The quantitative estimate of drug-likeness (QED) is 0.455. The van der Waals surface area contributed by atoms with Crippen molar-refractivity contribution in [1.82, 2.24) is 9.90 Å². The van der Waals surface area contributed by atoms with E-state index >= 15 is 0 Å². The number of nitrogens with one attached hydrogen (secondary N) is 2. The number of aromatic nitrogens is 1. The van der Waals surface area contributed by atoms with Crippen LogP contribution in [0.5, 0.6) is 0 Å². The second-order valence-electron chi connectivity index (χ2n) is 3.60. The van der Waals surface area contributed by atoms with Gasteiger partial charge in [-0.2, -0.15) is 0 Å². The highest BCUT2D eigenvalue weighted by atomic mass is 15.1. The van der Waals surface area contributed by atoms with Crippen molar-refractivity contribution in [1.29, 1.82) is 5.53 Å². The van der Waals surface area contributed by atoms with Crippen LogP contribution in [0.25, 0.3) is 21.8 Å². The normalized spacial score (nSPS) is 10.5. The van der Waals surface area contributed by atoms with Gasteiger partial charge in [0.1, 0.15) is 5.53 Å². The van der Waals surface area contributed by atoms with Gasteiger partial charge in [-0.1, -0.05) is 18.2 Å². The number of hydrogen-bond acceptors (Lipinski definition) is 2. The third-order valence-electron chi connectivity index (χ3n) is 2.66. The lowest BCUT2D eigenvalue weighted by Gasteiger charge is -1.89. The van der Waals surface area contributed by atoms with Gasteiger partial charge in [0.15, 0.2) is 10.8 Å². The van der Waals surface area contributed by atoms with Crippen molar-refractivity contribution >= 4 is 27.5 Å². The van der Waals surface area contributed by atoms with Gasteiger partial charge in [-0.15, -0.1) is 0 Å². The zero-order valence-electron chi connectivity index (χ0n) is 8.44. The average molecular weight is 209 g/mol. The first-order chi connectivity index (χ1) is 7.88. The van der Waals surface area contributed by atoms with Crippen LogP contribution in [0.4, 0.5) is 5.69 Å². The van der Waals surface area contributed by atoms with E-state index in [1.54, 1.807) is 0 Å². The lowest BCUT2D eigenvalue weighted by Crippen LogP contribution is -1.68. The molecule has 0 fully saturated rings. The summed E-state index contributed by atoms with van der Waals surface area (Å²) < 4.78 is 0. The minimum Gasteiger partial charge on any atom is -0.355 e. The Balaban J connectivity index is 2.44. The summed E-state index contributed by atoms with van der Waals surface area (Å²) in [5.74, 6) is 0. The van der Waals surface area contributed by atoms with Crippen LogP contribution >= 0.6 is 0 Å². The smallest absolute Gasteiger partial charge is 0.220 e. The van der Waals surface area contributed by atoms with E-state index in [1.807, 2.05) is 36.4 Å². The predicted octanol–water partition coefficient (Wildman–Crippen LogP) is 3.50. The Morgan fingerprint density at radius 2 is 1.81 bits per heavy atom. The monoisotopic (exact) mass is 209 g/mol. The maximum atomic E-state index is 6.72. The average Bonchev–Trinajstić information content (AvgIpc) is 2.68. The van der Waals surface area contributed by atoms with Crippen molar-refractivity contribution in [2.45, 2.75) is 0 Å². The van der Waals surface area contributed by atoms with Crippen molar-refractivity contribution in [2.75, 3.05) is 0 Å². The van der Waals surface area contributed by atoms with E-state index in [-0.39, 0.29) is 0 Å². The molecule has 3 aromatic rings. The van der Waals surface area contributed by atoms with E-state index in [0.717, 1.165) is 16.4 Å². The van der Waals surface area contributed by atoms with Gasteiger partial charge < -0.3 is 4.98 Å². The van der Waals surface area contributed by atoms with Crippen LogP contribution in [0.1, 0.15) is 0 Å². The zero-order valence-corrected chi connectivity index (χ0v) is 8.44. The molecule has 0 saturated heterocycles. The molecule has 4 nitrogen and oxygen atoms in total. The van der Waals surface area contributed by atoms with E-state index in [2.05, 4.69) is 21.1 Å². The third-order valence-corrected chi connectivity index (χ3v) is 2.66. The number of hydrogen-bond donors (Lipinski definition) is 2. The molecule has 76 valence electrons. The molecule has 0 saturated carbocycles. The Morgan fingerprint density at radius 1 is 1.00 bits per heavy atom. The van der Waals surface area contributed by atoms with Gasteiger partial charge in [0, 0.05) is 21.8 Å². The molecule has 0 unspecified atom stereocenters. The number of nitrogens with zero attached hydrogens (tertiary/aromatic N) is 2. The van der Waals surface area contributed by atoms with Crippen LogP contribution in [-0.4, -0.2) is 4.98 Å². The maximum Gasteiger partial charge on any atom is 0.220 e. The Hall–Kier alpha value is -2.45. The minimum atomic E-state index is 0.701. The lowest BCUT2D eigenvalue weighted by atomic mass is 10.1. The van der Waals surface area contributed by atoms with Crippen LogP contribution in [0.2, 0.25) is 0 Å². The van der Waals surface area contributed by atoms with Gasteiger partial charge in [-0.25, -0.2) is 0 Å². The second kappa shape index (κ2) is 3.29. The summed E-state index contributed by atoms with van der Waals surface area (Å²) in [6.07, 6.45) is 0. The summed E-state index contributed by atoms with van der Waals surface area (Å²) in [5, 5.41) is 6.00. The second-order valence-corrected chi connectivity index (χ2v) is 3.60. The molecule has 0 radical (unpaired) electrons. The Morgan fingerprint density at radius 3 is 2.69 bits per heavy atom. The van der Waals surface area contributed by atoms with Crippen molar-refractivity contribution < 1.29 is 0 Å². The molecule has 1 heterocycles. The Bertz CT molecular complexity index is 720. The molecule has 3 rings (SSSR count). The van der Waals surface area contributed by atoms with Crippen molar-refractivity contribution in [2.24, 2.45) is 5.11 Å². The number of aromatic amines is 1. The molecule has 0 aliphatic carbocycles. The highest BCUT2D eigenvalue weighted by molar-refractivity contribution is 6.07. The Labute approximate surface area is 91.1 Å². The highest BCUT2D eigenvalue weighted by Gasteiger charge is 2.05. The molecular formula is C12H9N4+. The number of fused-ring (bicyclic) bond motifs is 3. The molecule has 0 spiro atoms. The molecule has 0 aliphatic heterocycles. The minimum absolute atomic E-state index is 0.701. The molecule has 0 amide bonds. The first-order valence-electron chi connectivity index (χ1n) is 4.96. The van der Waals surface area contributed by atoms with E-state index in [4.69, 9.17) is 5.53 Å². The predicted molar refractivity (Wildman–Crippen MR) is 62.7 cm³/mol. The molecular weight excluding hydrogens is 200 g/mol. The van der Waals surface area contributed by atoms with E-state index in [9.17, 15) is 0 Å². The standard InChI is InChI=1S/C12H8N4/c13-16-15-8-5-6-12-10(7-8)9-3-1-2-4-11(9)14-12/h1-7,13H/p+1. The first-order valence-corrected chi connectivity index (χ1v) is 4.96. The topological polar surface area (TPSA) is 66.1 Å². The molecule has 0 aliphatic rings. The molecule has 1 aromatic heterocycles.